The Morgan fingerprint density at radius 1 is 1.34 bits per heavy atom. The number of amides is 1. The van der Waals surface area contributed by atoms with Crippen molar-refractivity contribution >= 4 is 17.3 Å². The molecular weight excluding hydrogens is 389 g/mol. The van der Waals surface area contributed by atoms with Gasteiger partial charge in [0.05, 0.1) is 24.9 Å². The molecule has 1 amide bonds. The van der Waals surface area contributed by atoms with Gasteiger partial charge in [0.1, 0.15) is 5.82 Å². The van der Waals surface area contributed by atoms with Crippen LogP contribution in [0.1, 0.15) is 26.0 Å². The summed E-state index contributed by atoms with van der Waals surface area (Å²) in [5.41, 5.74) is 2.37. The fourth-order valence-corrected chi connectivity index (χ4v) is 4.52. The Morgan fingerprint density at radius 2 is 2.10 bits per heavy atom. The number of nitrogens with zero attached hydrogens (tertiary/aromatic N) is 2. The fourth-order valence-electron chi connectivity index (χ4n) is 3.73. The van der Waals surface area contributed by atoms with Crippen LogP contribution in [0.15, 0.2) is 42.5 Å². The number of likely N-dealkylation sites (tertiary alicyclic amines) is 1. The summed E-state index contributed by atoms with van der Waals surface area (Å²) >= 11 is -0.371. The van der Waals surface area contributed by atoms with E-state index in [4.69, 9.17) is 9.17 Å². The minimum Gasteiger partial charge on any atom is -0.337 e. The van der Waals surface area contributed by atoms with Crippen molar-refractivity contribution in [1.82, 2.24) is 14.6 Å². The third kappa shape index (κ3) is 5.35. The summed E-state index contributed by atoms with van der Waals surface area (Å²) in [6, 6.07) is 12.4. The second-order valence-corrected chi connectivity index (χ2v) is 9.09. The van der Waals surface area contributed by atoms with Crippen LogP contribution in [0.5, 0.6) is 0 Å². The van der Waals surface area contributed by atoms with Crippen LogP contribution in [0, 0.1) is 11.7 Å². The van der Waals surface area contributed by atoms with Crippen LogP contribution < -0.4 is 4.72 Å². The summed E-state index contributed by atoms with van der Waals surface area (Å²) in [6.45, 7) is 4.59. The lowest BCUT2D eigenvalue weighted by molar-refractivity contribution is -0.135. The first-order valence-corrected chi connectivity index (χ1v) is 11.4. The number of carbonyl (C=O) groups excluding carboxylic acids is 1. The Morgan fingerprint density at radius 3 is 2.79 bits per heavy atom. The van der Waals surface area contributed by atoms with E-state index in [0.29, 0.717) is 6.42 Å². The zero-order valence-corrected chi connectivity index (χ0v) is 18.2. The average molecular weight is 419 g/mol. The minimum atomic E-state index is -0.371. The van der Waals surface area contributed by atoms with Crippen molar-refractivity contribution in [2.24, 2.45) is 5.92 Å². The molecule has 0 saturated carbocycles. The maximum atomic E-state index is 13.6. The highest BCUT2D eigenvalue weighted by Crippen LogP contribution is 2.25. The highest BCUT2D eigenvalue weighted by molar-refractivity contribution is 7.89. The molecule has 1 aromatic heterocycles. The maximum absolute atomic E-state index is 13.6. The van der Waals surface area contributed by atoms with Crippen molar-refractivity contribution in [1.29, 1.82) is 0 Å². The van der Waals surface area contributed by atoms with Crippen LogP contribution in [0.3, 0.4) is 0 Å². The van der Waals surface area contributed by atoms with E-state index in [9.17, 15) is 9.18 Å². The van der Waals surface area contributed by atoms with Crippen LogP contribution >= 0.6 is 0 Å². The Kier molecular flexibility index (Phi) is 7.27. The molecule has 156 valence electrons. The molecule has 0 spiro atoms. The standard InChI is InChI=1S/C22H29FN3O2S/c1-15(2)22(27)26-12-11-20(25-29(4)28-3)21(26)14-18-9-6-10-19(24-18)16-7-5-8-17(23)13-16/h5-10,13,15,20-21,25H,11-12,14H2,1-4H3/q+1. The molecule has 1 N–H and O–H groups in total. The first-order chi connectivity index (χ1) is 13.9. The van der Waals surface area contributed by atoms with Gasteiger partial charge in [0.25, 0.3) is 0 Å². The third-order valence-corrected chi connectivity index (χ3v) is 6.37. The highest BCUT2D eigenvalue weighted by Gasteiger charge is 2.41. The lowest BCUT2D eigenvalue weighted by Crippen LogP contribution is -2.48. The normalized spacial score (nSPS) is 20.3. The number of carbonyl (C=O) groups is 1. The molecule has 1 saturated heterocycles. The van der Waals surface area contributed by atoms with E-state index in [0.717, 1.165) is 29.9 Å². The van der Waals surface area contributed by atoms with Crippen LogP contribution in [0.25, 0.3) is 11.3 Å². The number of benzene rings is 1. The van der Waals surface area contributed by atoms with Crippen molar-refractivity contribution in [3.05, 3.63) is 54.0 Å². The minimum absolute atomic E-state index is 0.00487. The van der Waals surface area contributed by atoms with Gasteiger partial charge in [0, 0.05) is 30.1 Å². The van der Waals surface area contributed by atoms with Crippen LogP contribution in [-0.4, -0.2) is 47.8 Å². The van der Waals surface area contributed by atoms with Gasteiger partial charge in [-0.3, -0.25) is 9.78 Å². The monoisotopic (exact) mass is 418 g/mol. The predicted molar refractivity (Wildman–Crippen MR) is 116 cm³/mol. The van der Waals surface area contributed by atoms with Crippen LogP contribution in [-0.2, 0) is 26.8 Å². The summed E-state index contributed by atoms with van der Waals surface area (Å²) in [5.74, 6) is -0.169. The van der Waals surface area contributed by atoms with Gasteiger partial charge < -0.3 is 4.90 Å². The molecule has 5 nitrogen and oxygen atoms in total. The first-order valence-electron chi connectivity index (χ1n) is 9.88. The number of aromatic nitrogens is 1. The molecule has 2 aromatic rings. The lowest BCUT2D eigenvalue weighted by Gasteiger charge is -2.29. The Hall–Kier alpha value is -1.96. The van der Waals surface area contributed by atoms with Crippen LogP contribution in [0.2, 0.25) is 0 Å². The first kappa shape index (κ1) is 21.7. The number of nitrogens with one attached hydrogen (secondary N) is 1. The van der Waals surface area contributed by atoms with Gasteiger partial charge in [0.2, 0.25) is 17.3 Å². The summed E-state index contributed by atoms with van der Waals surface area (Å²) in [7, 11) is 1.68. The largest absolute Gasteiger partial charge is 0.337 e. The van der Waals surface area contributed by atoms with Gasteiger partial charge in [-0.25, -0.2) is 4.39 Å². The highest BCUT2D eigenvalue weighted by atomic mass is 32.2. The van der Waals surface area contributed by atoms with Gasteiger partial charge >= 0.3 is 0 Å². The average Bonchev–Trinajstić information content (AvgIpc) is 3.09. The van der Waals surface area contributed by atoms with Crippen LogP contribution in [0.4, 0.5) is 4.39 Å². The molecule has 1 aliphatic heterocycles. The van der Waals surface area contributed by atoms with Crippen molar-refractivity contribution in [2.45, 2.75) is 38.8 Å². The third-order valence-electron chi connectivity index (χ3n) is 5.24. The van der Waals surface area contributed by atoms with E-state index in [1.165, 1.54) is 12.1 Å². The van der Waals surface area contributed by atoms with Gasteiger partial charge in [0.15, 0.2) is 6.26 Å². The molecular formula is C22H29FN3O2S+. The zero-order valence-electron chi connectivity index (χ0n) is 17.4. The Balaban J connectivity index is 1.85. The number of rotatable bonds is 7. The Labute approximate surface area is 175 Å². The van der Waals surface area contributed by atoms with Crippen molar-refractivity contribution in [3.63, 3.8) is 0 Å². The van der Waals surface area contributed by atoms with Gasteiger partial charge in [-0.15, -0.1) is 4.72 Å². The molecule has 0 bridgehead atoms. The van der Waals surface area contributed by atoms with E-state index in [2.05, 4.69) is 4.72 Å². The second-order valence-electron chi connectivity index (χ2n) is 7.62. The molecule has 3 unspecified atom stereocenters. The smallest absolute Gasteiger partial charge is 0.234 e. The summed E-state index contributed by atoms with van der Waals surface area (Å²) in [4.78, 5) is 19.5. The molecule has 1 aliphatic rings. The summed E-state index contributed by atoms with van der Waals surface area (Å²) in [6.07, 6.45) is 3.51. The quantitative estimate of drug-likeness (QED) is 0.701. The number of halogens is 1. The second kappa shape index (κ2) is 9.69. The van der Waals surface area contributed by atoms with E-state index in [1.807, 2.05) is 49.3 Å². The van der Waals surface area contributed by atoms with E-state index >= 15 is 0 Å². The molecule has 0 radical (unpaired) electrons. The topological polar surface area (TPSA) is 54.5 Å². The molecule has 7 heteroatoms. The molecule has 3 rings (SSSR count). The molecule has 29 heavy (non-hydrogen) atoms. The summed E-state index contributed by atoms with van der Waals surface area (Å²) in [5, 5.41) is 0. The van der Waals surface area contributed by atoms with Crippen molar-refractivity contribution in [3.8, 4) is 11.3 Å². The molecule has 3 atom stereocenters. The molecule has 1 fully saturated rings. The number of pyridine rings is 1. The van der Waals surface area contributed by atoms with E-state index in [-0.39, 0.29) is 41.1 Å². The fraction of sp³-hybridized carbons (Fsp3) is 0.455. The van der Waals surface area contributed by atoms with Gasteiger partial charge in [-0.1, -0.05) is 32.0 Å². The van der Waals surface area contributed by atoms with E-state index in [1.54, 1.807) is 13.2 Å². The lowest BCUT2D eigenvalue weighted by atomic mass is 10.0. The van der Waals surface area contributed by atoms with Gasteiger partial charge in [-0.2, -0.15) is 4.18 Å². The maximum Gasteiger partial charge on any atom is 0.234 e. The number of hydrogen-bond donors (Lipinski definition) is 1. The number of hydrogen-bond acceptors (Lipinski definition) is 4. The molecule has 1 aromatic carbocycles. The predicted octanol–water partition coefficient (Wildman–Crippen LogP) is 3.37. The van der Waals surface area contributed by atoms with Gasteiger partial charge in [-0.05, 0) is 30.7 Å². The SMILES string of the molecule is CO[S+](C)NC1CCN(C(=O)C(C)C)C1Cc1cccc(-c2cccc(F)c2)n1. The zero-order chi connectivity index (χ0) is 21.0. The Bertz CT molecular complexity index is 848. The summed E-state index contributed by atoms with van der Waals surface area (Å²) < 4.78 is 22.5. The van der Waals surface area contributed by atoms with Crippen molar-refractivity contribution < 1.29 is 13.4 Å². The molecule has 2 heterocycles. The van der Waals surface area contributed by atoms with Crippen molar-refractivity contribution in [2.75, 3.05) is 19.9 Å². The molecule has 0 aliphatic carbocycles. The van der Waals surface area contributed by atoms with E-state index < -0.39 is 0 Å².